The average Bonchev–Trinajstić information content (AvgIpc) is 3.85. The van der Waals surface area contributed by atoms with E-state index < -0.39 is 71.4 Å². The van der Waals surface area contributed by atoms with Gasteiger partial charge in [-0.05, 0) is 47.5 Å². The minimum Gasteiger partial charge on any atom is -0.481 e. The Morgan fingerprint density at radius 2 is 1.04 bits per heavy atom. The Morgan fingerprint density at radius 3 is 1.57 bits per heavy atom. The Balaban J connectivity index is 0.000000208. The predicted molar refractivity (Wildman–Crippen MR) is 177 cm³/mol. The quantitative estimate of drug-likeness (QED) is 0.108. The molecule has 0 spiro atoms. The lowest BCUT2D eigenvalue weighted by molar-refractivity contribution is -0.138. The molecule has 54 heavy (non-hydrogen) atoms. The topological polar surface area (TPSA) is 211 Å². The molecule has 0 aliphatic carbocycles. The lowest BCUT2D eigenvalue weighted by Gasteiger charge is -2.16. The van der Waals surface area contributed by atoms with Gasteiger partial charge in [0.25, 0.3) is 35.2 Å². The van der Waals surface area contributed by atoms with Gasteiger partial charge in [0, 0.05) is 0 Å². The number of rotatable bonds is 12. The first-order chi connectivity index (χ1) is 25.9. The van der Waals surface area contributed by atoms with Gasteiger partial charge in [-0.3, -0.25) is 19.2 Å². The third-order valence-electron chi connectivity index (χ3n) is 7.39. The van der Waals surface area contributed by atoms with E-state index in [-0.39, 0.29) is 35.2 Å². The van der Waals surface area contributed by atoms with Crippen molar-refractivity contribution in [3.63, 3.8) is 0 Å². The molecule has 2 heterocycles. The second-order valence-corrected chi connectivity index (χ2v) is 11.1. The Bertz CT molecular complexity index is 2270. The summed E-state index contributed by atoms with van der Waals surface area (Å²) in [6, 6.07) is 20.9. The highest BCUT2D eigenvalue weighted by Gasteiger charge is 2.25. The first-order valence-corrected chi connectivity index (χ1v) is 15.6. The van der Waals surface area contributed by atoms with Crippen LogP contribution in [-0.2, 0) is 9.59 Å². The van der Waals surface area contributed by atoms with Crippen LogP contribution < -0.4 is 10.6 Å². The van der Waals surface area contributed by atoms with Crippen LogP contribution in [-0.4, -0.2) is 54.2 Å². The van der Waals surface area contributed by atoms with Gasteiger partial charge in [-0.15, -0.1) is 0 Å². The number of amides is 2. The molecule has 4 aromatic carbocycles. The maximum Gasteiger partial charge on any atom is 0.305 e. The molecule has 0 bridgehead atoms. The second-order valence-electron chi connectivity index (χ2n) is 11.1. The highest BCUT2D eigenvalue weighted by molar-refractivity contribution is 5.92. The summed E-state index contributed by atoms with van der Waals surface area (Å²) in [6.45, 7) is 0. The van der Waals surface area contributed by atoms with Crippen LogP contribution in [0.2, 0.25) is 0 Å². The zero-order valence-electron chi connectivity index (χ0n) is 27.5. The van der Waals surface area contributed by atoms with Crippen LogP contribution in [0.4, 0.5) is 17.6 Å². The number of nitrogens with one attached hydrogen (secondary N) is 2. The zero-order valence-corrected chi connectivity index (χ0v) is 27.5. The number of carboxylic acids is 2. The third-order valence-corrected chi connectivity index (χ3v) is 7.39. The minimum atomic E-state index is -1.18. The molecule has 2 atom stereocenters. The van der Waals surface area contributed by atoms with E-state index in [0.29, 0.717) is 11.1 Å². The molecule has 18 heteroatoms. The number of nitrogens with zero attached hydrogens (tertiary/aromatic N) is 4. The molecule has 2 aromatic heterocycles. The molecule has 0 fully saturated rings. The summed E-state index contributed by atoms with van der Waals surface area (Å²) in [4.78, 5) is 54.5. The molecule has 0 unspecified atom stereocenters. The molecule has 0 saturated heterocycles. The van der Waals surface area contributed by atoms with Crippen molar-refractivity contribution >= 4 is 23.8 Å². The Labute approximate surface area is 301 Å². The fourth-order valence-electron chi connectivity index (χ4n) is 4.83. The van der Waals surface area contributed by atoms with E-state index in [0.717, 1.165) is 18.2 Å². The number of carboxylic acid groups (broad SMARTS) is 2. The van der Waals surface area contributed by atoms with Gasteiger partial charge >= 0.3 is 11.9 Å². The van der Waals surface area contributed by atoms with Crippen molar-refractivity contribution in [2.75, 3.05) is 0 Å². The van der Waals surface area contributed by atoms with Crippen LogP contribution in [0.1, 0.15) is 57.3 Å². The minimum absolute atomic E-state index is 0.0321. The van der Waals surface area contributed by atoms with Crippen molar-refractivity contribution in [2.24, 2.45) is 0 Å². The van der Waals surface area contributed by atoms with E-state index in [9.17, 15) is 36.7 Å². The van der Waals surface area contributed by atoms with Crippen molar-refractivity contribution in [1.82, 2.24) is 30.9 Å². The molecule has 4 N–H and O–H groups in total. The smallest absolute Gasteiger partial charge is 0.305 e. The van der Waals surface area contributed by atoms with E-state index in [1.807, 2.05) is 0 Å². The SMILES string of the molecule is O=C(O)C[C@H](NC(=O)c1noc(-c2cccc(F)c2F)n1)c1ccccc1.O=C(O)C[C@H](NC(=O)c1noc(-c2ccccc2F)n1)c1ccc(F)cc1. The van der Waals surface area contributed by atoms with E-state index in [1.165, 1.54) is 42.5 Å². The maximum absolute atomic E-state index is 13.8. The number of hydrogen-bond donors (Lipinski definition) is 4. The van der Waals surface area contributed by atoms with Gasteiger partial charge in [0.2, 0.25) is 0 Å². The van der Waals surface area contributed by atoms with Crippen LogP contribution >= 0.6 is 0 Å². The predicted octanol–water partition coefficient (Wildman–Crippen LogP) is 5.92. The van der Waals surface area contributed by atoms with E-state index in [2.05, 4.69) is 30.9 Å². The first-order valence-electron chi connectivity index (χ1n) is 15.6. The lowest BCUT2D eigenvalue weighted by Crippen LogP contribution is -2.31. The molecule has 6 aromatic rings. The Hall–Kier alpha value is -7.24. The van der Waals surface area contributed by atoms with Crippen molar-refractivity contribution in [1.29, 1.82) is 0 Å². The monoisotopic (exact) mass is 746 g/mol. The number of carbonyl (C=O) groups is 4. The van der Waals surface area contributed by atoms with Crippen molar-refractivity contribution in [3.8, 4) is 22.9 Å². The molecule has 14 nitrogen and oxygen atoms in total. The highest BCUT2D eigenvalue weighted by atomic mass is 19.2. The fraction of sp³-hybridized carbons (Fsp3) is 0.111. The number of aromatic nitrogens is 4. The molecule has 2 amide bonds. The van der Waals surface area contributed by atoms with E-state index in [4.69, 9.17) is 19.3 Å². The molecule has 0 aliphatic heterocycles. The Morgan fingerprint density at radius 1 is 0.574 bits per heavy atom. The van der Waals surface area contributed by atoms with Crippen LogP contribution in [0.15, 0.2) is 106 Å². The van der Waals surface area contributed by atoms with Gasteiger partial charge in [-0.1, -0.05) is 71.0 Å². The summed E-state index contributed by atoms with van der Waals surface area (Å²) in [6.07, 6.45) is -0.797. The molecule has 6 rings (SSSR count). The maximum atomic E-state index is 13.8. The zero-order chi connectivity index (χ0) is 38.8. The average molecular weight is 747 g/mol. The largest absolute Gasteiger partial charge is 0.481 e. The number of aliphatic carboxylic acids is 2. The van der Waals surface area contributed by atoms with Crippen LogP contribution in [0.3, 0.4) is 0 Å². The Kier molecular flexibility index (Phi) is 12.2. The molecule has 0 aliphatic rings. The summed E-state index contributed by atoms with van der Waals surface area (Å²) in [7, 11) is 0. The van der Waals surface area contributed by atoms with Gasteiger partial charge in [0.1, 0.15) is 11.6 Å². The van der Waals surface area contributed by atoms with Crippen LogP contribution in [0, 0.1) is 23.3 Å². The standard InChI is InChI=1S/2C18H13F2N3O4/c19-12-8-4-7-11(15(12)20)18-22-16(23-27-18)17(26)21-13(9-14(24)25)10-5-2-1-3-6-10;19-11-7-5-10(6-8-11)14(9-15(24)25)21-17(26)16-22-18(27-23-16)12-3-1-2-4-13(12)20/h1-8,13H,9H2,(H,21,26)(H,24,25);1-8,14H,9H2,(H,21,26)(H,24,25)/t13-;14-/m00/s1. The normalized spacial score (nSPS) is 11.8. The van der Waals surface area contributed by atoms with Gasteiger partial charge < -0.3 is 29.9 Å². The number of carbonyl (C=O) groups excluding carboxylic acids is 2. The van der Waals surface area contributed by atoms with Crippen molar-refractivity contribution in [3.05, 3.63) is 143 Å². The van der Waals surface area contributed by atoms with Gasteiger partial charge in [0.05, 0.1) is 36.1 Å². The highest BCUT2D eigenvalue weighted by Crippen LogP contribution is 2.24. The molecule has 0 saturated carbocycles. The van der Waals surface area contributed by atoms with E-state index in [1.54, 1.807) is 36.4 Å². The first kappa shape index (κ1) is 38.0. The summed E-state index contributed by atoms with van der Waals surface area (Å²) in [5, 5.41) is 30.0. The summed E-state index contributed by atoms with van der Waals surface area (Å²) in [5.74, 6) is -8.62. The summed E-state index contributed by atoms with van der Waals surface area (Å²) >= 11 is 0. The van der Waals surface area contributed by atoms with Crippen LogP contribution in [0.25, 0.3) is 22.9 Å². The second kappa shape index (κ2) is 17.3. The molecular formula is C36H26F4N6O8. The molecule has 276 valence electrons. The molecule has 0 radical (unpaired) electrons. The lowest BCUT2D eigenvalue weighted by atomic mass is 10.0. The van der Waals surface area contributed by atoms with E-state index >= 15 is 0 Å². The summed E-state index contributed by atoms with van der Waals surface area (Å²) < 4.78 is 63.7. The van der Waals surface area contributed by atoms with Gasteiger partial charge in [0.15, 0.2) is 11.6 Å². The van der Waals surface area contributed by atoms with Gasteiger partial charge in [-0.2, -0.15) is 9.97 Å². The van der Waals surface area contributed by atoms with Crippen molar-refractivity contribution < 1.29 is 56.0 Å². The molecular weight excluding hydrogens is 720 g/mol. The van der Waals surface area contributed by atoms with Gasteiger partial charge in [-0.25, -0.2) is 17.6 Å². The van der Waals surface area contributed by atoms with Crippen molar-refractivity contribution in [2.45, 2.75) is 24.9 Å². The fourth-order valence-corrected chi connectivity index (χ4v) is 4.83. The third kappa shape index (κ3) is 9.75. The summed E-state index contributed by atoms with van der Waals surface area (Å²) in [5.41, 5.74) is 0.717. The number of hydrogen-bond acceptors (Lipinski definition) is 10. The van der Waals surface area contributed by atoms with Crippen LogP contribution in [0.5, 0.6) is 0 Å². The number of benzene rings is 4. The number of halogens is 4.